The molecule has 0 amide bonds. The highest BCUT2D eigenvalue weighted by molar-refractivity contribution is 6.32. The van der Waals surface area contributed by atoms with Crippen LogP contribution in [-0.2, 0) is 6.18 Å². The highest BCUT2D eigenvalue weighted by Crippen LogP contribution is 2.30. The molecular weight excluding hydrogens is 407 g/mol. The number of aromatic nitrogens is 5. The fraction of sp³-hybridized carbons (Fsp3) is 0.0556. The normalized spacial score (nSPS) is 11.4. The molecule has 0 saturated heterocycles. The lowest BCUT2D eigenvalue weighted by Gasteiger charge is -2.10. The third kappa shape index (κ3) is 3.55. The molecule has 0 fully saturated rings. The van der Waals surface area contributed by atoms with Crippen molar-refractivity contribution < 1.29 is 13.2 Å². The molecular formula is C18H9ClF3N7. The van der Waals surface area contributed by atoms with E-state index in [9.17, 15) is 18.4 Å². The van der Waals surface area contributed by atoms with E-state index in [1.807, 2.05) is 0 Å². The summed E-state index contributed by atoms with van der Waals surface area (Å²) in [6.45, 7) is 0. The Bertz CT molecular complexity index is 1260. The Morgan fingerprint density at radius 2 is 1.86 bits per heavy atom. The van der Waals surface area contributed by atoms with Gasteiger partial charge in [-0.2, -0.15) is 23.5 Å². The van der Waals surface area contributed by atoms with Crippen molar-refractivity contribution in [3.63, 3.8) is 0 Å². The molecule has 0 aliphatic rings. The number of hydrogen-bond acceptors (Lipinski definition) is 6. The van der Waals surface area contributed by atoms with Crippen LogP contribution in [0.25, 0.3) is 16.6 Å². The fourth-order valence-electron chi connectivity index (χ4n) is 2.70. The van der Waals surface area contributed by atoms with E-state index in [0.29, 0.717) is 27.2 Å². The average molecular weight is 416 g/mol. The minimum Gasteiger partial charge on any atom is -0.325 e. The first-order valence-corrected chi connectivity index (χ1v) is 8.43. The van der Waals surface area contributed by atoms with Crippen molar-refractivity contribution in [3.05, 3.63) is 65.3 Å². The van der Waals surface area contributed by atoms with E-state index < -0.39 is 11.9 Å². The first-order valence-electron chi connectivity index (χ1n) is 8.06. The number of nitrogens with zero attached hydrogens (tertiary/aromatic N) is 6. The Kier molecular flexibility index (Phi) is 4.52. The van der Waals surface area contributed by atoms with Crippen LogP contribution in [0.1, 0.15) is 11.3 Å². The molecule has 11 heteroatoms. The summed E-state index contributed by atoms with van der Waals surface area (Å²) in [5, 5.41) is 17.3. The van der Waals surface area contributed by atoms with Crippen molar-refractivity contribution in [1.29, 1.82) is 5.26 Å². The number of hydrogen-bond donors (Lipinski definition) is 1. The second-order valence-corrected chi connectivity index (χ2v) is 6.25. The predicted molar refractivity (Wildman–Crippen MR) is 98.9 cm³/mol. The van der Waals surface area contributed by atoms with Gasteiger partial charge in [0.25, 0.3) is 0 Å². The zero-order chi connectivity index (χ0) is 20.6. The lowest BCUT2D eigenvalue weighted by molar-refractivity contribution is -0.141. The van der Waals surface area contributed by atoms with E-state index in [-0.39, 0.29) is 11.6 Å². The quantitative estimate of drug-likeness (QED) is 0.529. The summed E-state index contributed by atoms with van der Waals surface area (Å²) in [6.07, 6.45) is -0.733. The van der Waals surface area contributed by atoms with Crippen LogP contribution in [-0.4, -0.2) is 24.7 Å². The molecule has 4 aromatic rings. The van der Waals surface area contributed by atoms with Crippen molar-refractivity contribution in [1.82, 2.24) is 24.7 Å². The van der Waals surface area contributed by atoms with Crippen LogP contribution in [0.2, 0.25) is 5.02 Å². The van der Waals surface area contributed by atoms with Crippen LogP contribution in [0.5, 0.6) is 0 Å². The molecule has 7 nitrogen and oxygen atoms in total. The smallest absolute Gasteiger partial charge is 0.325 e. The van der Waals surface area contributed by atoms with Crippen LogP contribution in [0.3, 0.4) is 0 Å². The van der Waals surface area contributed by atoms with Gasteiger partial charge < -0.3 is 5.32 Å². The first-order chi connectivity index (χ1) is 13.9. The summed E-state index contributed by atoms with van der Waals surface area (Å²) in [4.78, 5) is 11.2. The Hall–Kier alpha value is -3.71. The Morgan fingerprint density at radius 1 is 1.07 bits per heavy atom. The summed E-state index contributed by atoms with van der Waals surface area (Å²) in [5.41, 5.74) is 0.192. The van der Waals surface area contributed by atoms with Crippen molar-refractivity contribution in [2.45, 2.75) is 6.18 Å². The third-order valence-electron chi connectivity index (χ3n) is 3.99. The summed E-state index contributed by atoms with van der Waals surface area (Å²) < 4.78 is 40.0. The van der Waals surface area contributed by atoms with Gasteiger partial charge in [-0.25, -0.2) is 19.6 Å². The van der Waals surface area contributed by atoms with Crippen molar-refractivity contribution in [2.24, 2.45) is 0 Å². The van der Waals surface area contributed by atoms with Gasteiger partial charge in [-0.05, 0) is 12.1 Å². The van der Waals surface area contributed by atoms with E-state index in [4.69, 9.17) is 11.6 Å². The number of nitriles is 1. The van der Waals surface area contributed by atoms with Crippen molar-refractivity contribution in [3.8, 4) is 11.8 Å². The number of pyridine rings is 1. The number of benzene rings is 1. The molecule has 0 unspecified atom stereocenters. The van der Waals surface area contributed by atoms with Gasteiger partial charge >= 0.3 is 6.18 Å². The molecule has 1 N–H and O–H groups in total. The number of alkyl halides is 3. The summed E-state index contributed by atoms with van der Waals surface area (Å²) in [6, 6.07) is 9.31. The highest BCUT2D eigenvalue weighted by Gasteiger charge is 2.32. The van der Waals surface area contributed by atoms with Crippen molar-refractivity contribution >= 4 is 34.1 Å². The van der Waals surface area contributed by atoms with Crippen molar-refractivity contribution in [2.75, 3.05) is 5.32 Å². The average Bonchev–Trinajstić information content (AvgIpc) is 3.10. The first kappa shape index (κ1) is 18.6. The maximum Gasteiger partial charge on any atom is 0.433 e. The van der Waals surface area contributed by atoms with Gasteiger partial charge in [0.2, 0.25) is 0 Å². The summed E-state index contributed by atoms with van der Waals surface area (Å²) in [7, 11) is 0. The molecule has 3 aromatic heterocycles. The van der Waals surface area contributed by atoms with Gasteiger partial charge in [0, 0.05) is 23.7 Å². The number of para-hydroxylation sites is 1. The number of fused-ring (bicyclic) bond motifs is 1. The van der Waals surface area contributed by atoms with E-state index in [2.05, 4.69) is 31.4 Å². The zero-order valence-corrected chi connectivity index (χ0v) is 15.1. The van der Waals surface area contributed by atoms with Gasteiger partial charge in [0.15, 0.2) is 0 Å². The van der Waals surface area contributed by atoms with Gasteiger partial charge in [-0.3, -0.25) is 0 Å². The monoisotopic (exact) mass is 415 g/mol. The number of nitrogens with one attached hydrogen (secondary N) is 1. The van der Waals surface area contributed by atoms with E-state index in [1.165, 1.54) is 10.9 Å². The molecule has 0 spiro atoms. The lowest BCUT2D eigenvalue weighted by atomic mass is 10.2. The zero-order valence-electron chi connectivity index (χ0n) is 14.3. The Balaban J connectivity index is 1.77. The molecule has 4 rings (SSSR count). The van der Waals surface area contributed by atoms with Gasteiger partial charge in [-0.15, -0.1) is 0 Å². The topological polar surface area (TPSA) is 92.3 Å². The van der Waals surface area contributed by atoms with E-state index in [0.717, 1.165) is 12.4 Å². The maximum absolute atomic E-state index is 12.8. The van der Waals surface area contributed by atoms with E-state index >= 15 is 0 Å². The molecule has 3 heterocycles. The maximum atomic E-state index is 12.8. The van der Waals surface area contributed by atoms with Gasteiger partial charge in [-0.1, -0.05) is 17.7 Å². The SMILES string of the molecule is N#Cc1cccc(Cl)c1-n1ncc2cnc(Nc3cc(C(F)(F)F)ncn3)cc21. The number of halogens is 4. The van der Waals surface area contributed by atoms with E-state index in [1.54, 1.807) is 30.5 Å². The molecule has 29 heavy (non-hydrogen) atoms. The molecule has 0 saturated carbocycles. The van der Waals surface area contributed by atoms with Crippen LogP contribution in [0.4, 0.5) is 24.8 Å². The summed E-state index contributed by atoms with van der Waals surface area (Å²) in [5.74, 6) is 0.164. The molecule has 0 bridgehead atoms. The van der Waals surface area contributed by atoms with Crippen LogP contribution < -0.4 is 5.32 Å². The minimum absolute atomic E-state index is 0.0688. The lowest BCUT2D eigenvalue weighted by Crippen LogP contribution is -2.09. The van der Waals surface area contributed by atoms with Crippen LogP contribution in [0.15, 0.2) is 49.1 Å². The summed E-state index contributed by atoms with van der Waals surface area (Å²) >= 11 is 6.26. The predicted octanol–water partition coefficient (Wildman–Crippen LogP) is 4.50. The molecule has 0 radical (unpaired) electrons. The number of rotatable bonds is 3. The molecule has 144 valence electrons. The largest absolute Gasteiger partial charge is 0.433 e. The highest BCUT2D eigenvalue weighted by atomic mass is 35.5. The van der Waals surface area contributed by atoms with Crippen LogP contribution >= 0.6 is 11.6 Å². The van der Waals surface area contributed by atoms with Gasteiger partial charge in [0.05, 0.1) is 22.3 Å². The van der Waals surface area contributed by atoms with Crippen LogP contribution in [0, 0.1) is 11.3 Å². The third-order valence-corrected chi connectivity index (χ3v) is 4.29. The second-order valence-electron chi connectivity index (χ2n) is 5.84. The molecule has 0 aliphatic heterocycles. The fourth-order valence-corrected chi connectivity index (χ4v) is 2.95. The Morgan fingerprint density at radius 3 is 2.62 bits per heavy atom. The Labute approximate surface area is 166 Å². The standard InChI is InChI=1S/C18H9ClF3N7/c19-12-3-1-2-10(6-23)17(12)29-13-4-15(24-7-11(13)8-27-29)28-16-5-14(18(20,21)22)25-9-26-16/h1-5,7-9H,(H,24,25,26,28). The second kappa shape index (κ2) is 7.03. The molecule has 0 atom stereocenters. The number of anilines is 2. The van der Waals surface area contributed by atoms with Gasteiger partial charge in [0.1, 0.15) is 35.4 Å². The molecule has 0 aliphatic carbocycles. The minimum atomic E-state index is -4.59. The molecule has 1 aromatic carbocycles.